The number of hydrogen-bond donors (Lipinski definition) is 0. The van der Waals surface area contributed by atoms with E-state index in [4.69, 9.17) is 0 Å². The lowest BCUT2D eigenvalue weighted by Gasteiger charge is -2.32. The number of benzene rings is 2. The highest BCUT2D eigenvalue weighted by Gasteiger charge is 2.24. The molecule has 18 heavy (non-hydrogen) atoms. The first kappa shape index (κ1) is 11.4. The molecule has 0 N–H and O–H groups in total. The molecule has 0 aliphatic carbocycles. The van der Waals surface area contributed by atoms with Gasteiger partial charge in [-0.25, -0.2) is 4.39 Å². The molecule has 2 heteroatoms. The van der Waals surface area contributed by atoms with E-state index in [1.54, 1.807) is 12.1 Å². The van der Waals surface area contributed by atoms with Crippen molar-refractivity contribution in [3.8, 4) is 0 Å². The summed E-state index contributed by atoms with van der Waals surface area (Å²) >= 11 is 0. The molecule has 0 fully saturated rings. The van der Waals surface area contributed by atoms with Crippen LogP contribution < -0.4 is 0 Å². The average Bonchev–Trinajstić information content (AvgIpc) is 2.38. The van der Waals surface area contributed by atoms with E-state index < -0.39 is 0 Å². The molecule has 0 saturated carbocycles. The summed E-state index contributed by atoms with van der Waals surface area (Å²) in [6, 6.07) is 15.6. The maximum Gasteiger partial charge on any atom is 0.123 e. The molecule has 92 valence electrons. The fourth-order valence-corrected chi connectivity index (χ4v) is 2.79. The Bertz CT molecular complexity index is 550. The van der Waals surface area contributed by atoms with Crippen LogP contribution in [-0.4, -0.2) is 18.5 Å². The Hall–Kier alpha value is -1.67. The Morgan fingerprint density at radius 3 is 2.67 bits per heavy atom. The van der Waals surface area contributed by atoms with Crippen LogP contribution in [0.2, 0.25) is 0 Å². The second-order valence-electron chi connectivity index (χ2n) is 5.00. The molecule has 2 aromatic rings. The van der Waals surface area contributed by atoms with Gasteiger partial charge in [-0.1, -0.05) is 36.4 Å². The summed E-state index contributed by atoms with van der Waals surface area (Å²) in [4.78, 5) is 2.25. The van der Waals surface area contributed by atoms with E-state index in [0.717, 1.165) is 18.7 Å². The smallest absolute Gasteiger partial charge is 0.123 e. The van der Waals surface area contributed by atoms with Gasteiger partial charge in [-0.2, -0.15) is 0 Å². The molecule has 0 radical (unpaired) electrons. The third-order valence-corrected chi connectivity index (χ3v) is 3.62. The molecule has 3 rings (SSSR count). The summed E-state index contributed by atoms with van der Waals surface area (Å²) in [6.45, 7) is 1.82. The first-order chi connectivity index (χ1) is 8.74. The lowest BCUT2D eigenvalue weighted by atomic mass is 9.85. The van der Waals surface area contributed by atoms with Gasteiger partial charge < -0.3 is 4.90 Å². The van der Waals surface area contributed by atoms with Crippen LogP contribution in [0.4, 0.5) is 4.39 Å². The third-order valence-electron chi connectivity index (χ3n) is 3.62. The Morgan fingerprint density at radius 2 is 1.89 bits per heavy atom. The molecular formula is C16H16FN. The van der Waals surface area contributed by atoms with Crippen LogP contribution >= 0.6 is 0 Å². The first-order valence-electron chi connectivity index (χ1n) is 6.26. The topological polar surface area (TPSA) is 3.24 Å². The molecule has 0 spiro atoms. The number of fused-ring (bicyclic) bond motifs is 1. The van der Waals surface area contributed by atoms with Gasteiger partial charge in [0, 0.05) is 19.0 Å². The highest BCUT2D eigenvalue weighted by Crippen LogP contribution is 2.33. The predicted octanol–water partition coefficient (Wildman–Crippen LogP) is 3.40. The minimum atomic E-state index is -0.143. The van der Waals surface area contributed by atoms with Gasteiger partial charge >= 0.3 is 0 Å². The average molecular weight is 241 g/mol. The molecular weight excluding hydrogens is 225 g/mol. The summed E-state index contributed by atoms with van der Waals surface area (Å²) in [7, 11) is 2.09. The monoisotopic (exact) mass is 241 g/mol. The van der Waals surface area contributed by atoms with Gasteiger partial charge in [-0.3, -0.25) is 0 Å². The highest BCUT2D eigenvalue weighted by atomic mass is 19.1. The number of halogens is 1. The van der Waals surface area contributed by atoms with Gasteiger partial charge in [-0.05, 0) is 35.9 Å². The summed E-state index contributed by atoms with van der Waals surface area (Å²) < 4.78 is 13.3. The predicted molar refractivity (Wildman–Crippen MR) is 71.0 cm³/mol. The lowest BCUT2D eigenvalue weighted by molar-refractivity contribution is 0.294. The van der Waals surface area contributed by atoms with Gasteiger partial charge in [-0.15, -0.1) is 0 Å². The van der Waals surface area contributed by atoms with E-state index in [0.29, 0.717) is 5.92 Å². The Morgan fingerprint density at radius 1 is 1.11 bits per heavy atom. The quantitative estimate of drug-likeness (QED) is 0.739. The van der Waals surface area contributed by atoms with Crippen LogP contribution in [0.3, 0.4) is 0 Å². The van der Waals surface area contributed by atoms with Gasteiger partial charge in [0.05, 0.1) is 0 Å². The zero-order valence-corrected chi connectivity index (χ0v) is 10.4. The standard InChI is InChI=1S/C16H16FN/c1-18-10-13-9-14(17)7-8-15(13)16(11-18)12-5-3-2-4-6-12/h2-9,16H,10-11H2,1H3/t16-/m1/s1. The maximum atomic E-state index is 13.3. The molecule has 0 unspecified atom stereocenters. The normalized spacial score (nSPS) is 19.6. The van der Waals surface area contributed by atoms with Crippen LogP contribution in [-0.2, 0) is 6.54 Å². The molecule has 1 atom stereocenters. The van der Waals surface area contributed by atoms with Gasteiger partial charge in [0.15, 0.2) is 0 Å². The third kappa shape index (κ3) is 2.04. The number of nitrogens with zero attached hydrogens (tertiary/aromatic N) is 1. The largest absolute Gasteiger partial charge is 0.301 e. The van der Waals surface area contributed by atoms with E-state index in [1.807, 2.05) is 12.1 Å². The fourth-order valence-electron chi connectivity index (χ4n) is 2.79. The van der Waals surface area contributed by atoms with Crippen LogP contribution in [0.1, 0.15) is 22.6 Å². The van der Waals surface area contributed by atoms with Crippen molar-refractivity contribution in [2.45, 2.75) is 12.5 Å². The molecule has 1 aliphatic rings. The number of likely N-dealkylation sites (N-methyl/N-ethyl adjacent to an activating group) is 1. The van der Waals surface area contributed by atoms with Gasteiger partial charge in [0.1, 0.15) is 5.82 Å². The lowest BCUT2D eigenvalue weighted by Crippen LogP contribution is -2.31. The molecule has 0 aromatic heterocycles. The van der Waals surface area contributed by atoms with Gasteiger partial charge in [0.2, 0.25) is 0 Å². The minimum absolute atomic E-state index is 0.143. The Balaban J connectivity index is 2.08. The SMILES string of the molecule is CN1Cc2cc(F)ccc2[C@@H](c2ccccc2)C1. The van der Waals surface area contributed by atoms with E-state index in [-0.39, 0.29) is 5.82 Å². The minimum Gasteiger partial charge on any atom is -0.301 e. The Labute approximate surface area is 107 Å². The van der Waals surface area contributed by atoms with Crippen molar-refractivity contribution in [1.82, 2.24) is 4.90 Å². The molecule has 0 bridgehead atoms. The molecule has 1 heterocycles. The van der Waals surface area contributed by atoms with E-state index >= 15 is 0 Å². The van der Waals surface area contributed by atoms with Gasteiger partial charge in [0.25, 0.3) is 0 Å². The first-order valence-corrected chi connectivity index (χ1v) is 6.26. The van der Waals surface area contributed by atoms with Crippen molar-refractivity contribution < 1.29 is 4.39 Å². The summed E-state index contributed by atoms with van der Waals surface area (Å²) in [5.41, 5.74) is 3.68. The van der Waals surface area contributed by atoms with Crippen molar-refractivity contribution in [2.75, 3.05) is 13.6 Å². The van der Waals surface area contributed by atoms with Crippen molar-refractivity contribution >= 4 is 0 Å². The Kier molecular flexibility index (Phi) is 2.88. The summed E-state index contributed by atoms with van der Waals surface area (Å²) in [5.74, 6) is 0.205. The summed E-state index contributed by atoms with van der Waals surface area (Å²) in [6.07, 6.45) is 0. The van der Waals surface area contributed by atoms with Crippen LogP contribution in [0.5, 0.6) is 0 Å². The second-order valence-corrected chi connectivity index (χ2v) is 5.00. The fraction of sp³-hybridized carbons (Fsp3) is 0.250. The van der Waals surface area contributed by atoms with E-state index in [1.165, 1.54) is 11.1 Å². The molecule has 1 nitrogen and oxygen atoms in total. The zero-order chi connectivity index (χ0) is 12.5. The van der Waals surface area contributed by atoms with Crippen molar-refractivity contribution in [3.63, 3.8) is 0 Å². The highest BCUT2D eigenvalue weighted by molar-refractivity contribution is 5.40. The molecule has 0 amide bonds. The summed E-state index contributed by atoms with van der Waals surface area (Å²) in [5, 5.41) is 0. The molecule has 0 saturated heterocycles. The van der Waals surface area contributed by atoms with Crippen molar-refractivity contribution in [2.24, 2.45) is 0 Å². The zero-order valence-electron chi connectivity index (χ0n) is 10.4. The van der Waals surface area contributed by atoms with Crippen molar-refractivity contribution in [3.05, 3.63) is 71.0 Å². The molecule has 1 aliphatic heterocycles. The number of hydrogen-bond acceptors (Lipinski definition) is 1. The maximum absolute atomic E-state index is 13.3. The number of rotatable bonds is 1. The van der Waals surface area contributed by atoms with Crippen LogP contribution in [0, 0.1) is 5.82 Å². The van der Waals surface area contributed by atoms with Crippen molar-refractivity contribution in [1.29, 1.82) is 0 Å². The van der Waals surface area contributed by atoms with Crippen LogP contribution in [0.15, 0.2) is 48.5 Å². The molecule has 2 aromatic carbocycles. The van der Waals surface area contributed by atoms with E-state index in [2.05, 4.69) is 36.2 Å². The second kappa shape index (κ2) is 4.54. The van der Waals surface area contributed by atoms with E-state index in [9.17, 15) is 4.39 Å². The van der Waals surface area contributed by atoms with Crippen LogP contribution in [0.25, 0.3) is 0 Å².